The number of hydrogen-bond donors (Lipinski definition) is 0. The van der Waals surface area contributed by atoms with Crippen LogP contribution in [0, 0.1) is 0 Å². The van der Waals surface area contributed by atoms with E-state index in [1.807, 2.05) is 0 Å². The van der Waals surface area contributed by atoms with Crippen molar-refractivity contribution in [3.8, 4) is 5.75 Å². The van der Waals surface area contributed by atoms with Gasteiger partial charge in [0.2, 0.25) is 0 Å². The predicted molar refractivity (Wildman–Crippen MR) is 60.3 cm³/mol. The molecule has 0 saturated heterocycles. The largest absolute Gasteiger partial charge is 0.491 e. The maximum Gasteiger partial charge on any atom is 0.128 e. The average Bonchev–Trinajstić information content (AvgIpc) is 2.52. The van der Waals surface area contributed by atoms with E-state index in [0.717, 1.165) is 12.2 Å². The van der Waals surface area contributed by atoms with E-state index in [-0.39, 0.29) is 0 Å². The summed E-state index contributed by atoms with van der Waals surface area (Å²) in [5, 5.41) is 0. The summed E-state index contributed by atoms with van der Waals surface area (Å²) in [7, 11) is 0. The first-order valence-corrected chi connectivity index (χ1v) is 5.65. The molecule has 82 valence electrons. The van der Waals surface area contributed by atoms with Crippen molar-refractivity contribution < 1.29 is 9.47 Å². The molecule has 1 heterocycles. The lowest BCUT2D eigenvalue weighted by molar-refractivity contribution is 0.106. The quantitative estimate of drug-likeness (QED) is 0.740. The Labute approximate surface area is 91.2 Å². The molecule has 0 aromatic heterocycles. The molecule has 1 aliphatic rings. The van der Waals surface area contributed by atoms with Crippen molar-refractivity contribution in [1.29, 1.82) is 0 Å². The van der Waals surface area contributed by atoms with Gasteiger partial charge in [-0.3, -0.25) is 0 Å². The number of ether oxygens (including phenoxy) is 2. The molecule has 0 N–H and O–H groups in total. The minimum absolute atomic E-state index is 0.554. The van der Waals surface area contributed by atoms with Crippen LogP contribution in [-0.2, 0) is 11.3 Å². The molecule has 1 aromatic rings. The third-order valence-electron chi connectivity index (χ3n) is 3.00. The Bertz CT molecular complexity index is 333. The second kappa shape index (κ2) is 4.67. The first kappa shape index (κ1) is 10.5. The Morgan fingerprint density at radius 2 is 2.20 bits per heavy atom. The van der Waals surface area contributed by atoms with Crippen LogP contribution in [0.15, 0.2) is 18.2 Å². The van der Waals surface area contributed by atoms with Crippen LogP contribution in [0.3, 0.4) is 0 Å². The van der Waals surface area contributed by atoms with E-state index in [1.165, 1.54) is 11.1 Å². The van der Waals surface area contributed by atoms with Gasteiger partial charge >= 0.3 is 0 Å². The molecular weight excluding hydrogens is 188 g/mol. The molecule has 2 heteroatoms. The van der Waals surface area contributed by atoms with Gasteiger partial charge in [-0.2, -0.15) is 0 Å². The van der Waals surface area contributed by atoms with E-state index in [0.29, 0.717) is 25.7 Å². The number of benzene rings is 1. The standard InChI is InChI=1S/C13H18O2/c1-3-10(2)12-6-4-5-11-9-14-7-8-15-13(11)12/h4-6,10H,3,7-9H2,1-2H3. The third kappa shape index (κ3) is 2.15. The Morgan fingerprint density at radius 1 is 1.33 bits per heavy atom. The fourth-order valence-electron chi connectivity index (χ4n) is 1.89. The molecule has 1 aromatic carbocycles. The molecule has 1 atom stereocenters. The van der Waals surface area contributed by atoms with Crippen LogP contribution >= 0.6 is 0 Å². The lowest BCUT2D eigenvalue weighted by Gasteiger charge is -2.16. The predicted octanol–water partition coefficient (Wildman–Crippen LogP) is 3.11. The maximum atomic E-state index is 5.78. The van der Waals surface area contributed by atoms with Crippen LogP contribution in [0.2, 0.25) is 0 Å². The zero-order valence-electron chi connectivity index (χ0n) is 9.45. The van der Waals surface area contributed by atoms with Crippen molar-refractivity contribution in [3.63, 3.8) is 0 Å². The van der Waals surface area contributed by atoms with Crippen LogP contribution in [0.5, 0.6) is 5.75 Å². The average molecular weight is 206 g/mol. The lowest BCUT2D eigenvalue weighted by atomic mass is 9.95. The smallest absolute Gasteiger partial charge is 0.128 e. The van der Waals surface area contributed by atoms with Crippen LogP contribution in [0.1, 0.15) is 37.3 Å². The van der Waals surface area contributed by atoms with Crippen LogP contribution in [0.4, 0.5) is 0 Å². The summed E-state index contributed by atoms with van der Waals surface area (Å²) in [6, 6.07) is 6.35. The van der Waals surface area contributed by atoms with Crippen LogP contribution < -0.4 is 4.74 Å². The second-order valence-corrected chi connectivity index (χ2v) is 4.05. The number of para-hydroxylation sites is 1. The molecule has 0 bridgehead atoms. The topological polar surface area (TPSA) is 18.5 Å². The maximum absolute atomic E-state index is 5.78. The number of hydrogen-bond acceptors (Lipinski definition) is 2. The fourth-order valence-corrected chi connectivity index (χ4v) is 1.89. The van der Waals surface area contributed by atoms with Gasteiger partial charge < -0.3 is 9.47 Å². The Hall–Kier alpha value is -1.02. The lowest BCUT2D eigenvalue weighted by Crippen LogP contribution is -2.04. The molecule has 0 fully saturated rings. The molecule has 0 spiro atoms. The Balaban J connectivity index is 2.38. The first-order chi connectivity index (χ1) is 7.33. The molecule has 0 saturated carbocycles. The summed E-state index contributed by atoms with van der Waals surface area (Å²) in [4.78, 5) is 0. The molecular formula is C13H18O2. The summed E-state index contributed by atoms with van der Waals surface area (Å²) in [6.45, 7) is 6.48. The summed E-state index contributed by atoms with van der Waals surface area (Å²) in [6.07, 6.45) is 1.14. The summed E-state index contributed by atoms with van der Waals surface area (Å²) < 4.78 is 11.2. The van der Waals surface area contributed by atoms with Crippen molar-refractivity contribution in [1.82, 2.24) is 0 Å². The van der Waals surface area contributed by atoms with Gasteiger partial charge in [0.1, 0.15) is 12.4 Å². The normalized spacial score (nSPS) is 17.5. The van der Waals surface area contributed by atoms with Gasteiger partial charge in [-0.1, -0.05) is 32.0 Å². The van der Waals surface area contributed by atoms with Gasteiger partial charge in [0, 0.05) is 5.56 Å². The molecule has 0 aliphatic carbocycles. The fraction of sp³-hybridized carbons (Fsp3) is 0.538. The van der Waals surface area contributed by atoms with Gasteiger partial charge in [-0.05, 0) is 17.9 Å². The van der Waals surface area contributed by atoms with E-state index >= 15 is 0 Å². The summed E-state index contributed by atoms with van der Waals surface area (Å²) in [5.74, 6) is 1.61. The van der Waals surface area contributed by atoms with Gasteiger partial charge in [-0.15, -0.1) is 0 Å². The number of fused-ring (bicyclic) bond motifs is 1. The molecule has 15 heavy (non-hydrogen) atoms. The minimum Gasteiger partial charge on any atom is -0.491 e. The zero-order valence-corrected chi connectivity index (χ0v) is 9.45. The van der Waals surface area contributed by atoms with E-state index in [2.05, 4.69) is 32.0 Å². The molecule has 1 aliphatic heterocycles. The highest BCUT2D eigenvalue weighted by atomic mass is 16.5. The van der Waals surface area contributed by atoms with Gasteiger partial charge in [0.05, 0.1) is 13.2 Å². The highest BCUT2D eigenvalue weighted by molar-refractivity contribution is 5.43. The van der Waals surface area contributed by atoms with Crippen molar-refractivity contribution in [2.45, 2.75) is 32.8 Å². The van der Waals surface area contributed by atoms with E-state index in [9.17, 15) is 0 Å². The third-order valence-corrected chi connectivity index (χ3v) is 3.00. The van der Waals surface area contributed by atoms with E-state index in [4.69, 9.17) is 9.47 Å². The molecule has 0 radical (unpaired) electrons. The van der Waals surface area contributed by atoms with Crippen LogP contribution in [0.25, 0.3) is 0 Å². The first-order valence-electron chi connectivity index (χ1n) is 5.65. The van der Waals surface area contributed by atoms with E-state index < -0.39 is 0 Å². The van der Waals surface area contributed by atoms with Crippen molar-refractivity contribution >= 4 is 0 Å². The highest BCUT2D eigenvalue weighted by Crippen LogP contribution is 2.33. The van der Waals surface area contributed by atoms with Crippen LogP contribution in [-0.4, -0.2) is 13.2 Å². The van der Waals surface area contributed by atoms with Crippen molar-refractivity contribution in [3.05, 3.63) is 29.3 Å². The molecule has 2 nitrogen and oxygen atoms in total. The number of rotatable bonds is 2. The Morgan fingerprint density at radius 3 is 3.00 bits per heavy atom. The van der Waals surface area contributed by atoms with E-state index in [1.54, 1.807) is 0 Å². The summed E-state index contributed by atoms with van der Waals surface area (Å²) >= 11 is 0. The second-order valence-electron chi connectivity index (χ2n) is 4.05. The van der Waals surface area contributed by atoms with Gasteiger partial charge in [0.15, 0.2) is 0 Å². The monoisotopic (exact) mass is 206 g/mol. The Kier molecular flexibility index (Phi) is 3.27. The SMILES string of the molecule is CCC(C)c1cccc2c1OCCOC2. The van der Waals surface area contributed by atoms with Crippen molar-refractivity contribution in [2.24, 2.45) is 0 Å². The molecule has 2 rings (SSSR count). The summed E-state index contributed by atoms with van der Waals surface area (Å²) in [5.41, 5.74) is 2.51. The molecule has 1 unspecified atom stereocenters. The van der Waals surface area contributed by atoms with Gasteiger partial charge in [-0.25, -0.2) is 0 Å². The minimum atomic E-state index is 0.554. The molecule has 0 amide bonds. The van der Waals surface area contributed by atoms with Gasteiger partial charge in [0.25, 0.3) is 0 Å². The zero-order chi connectivity index (χ0) is 10.7. The van der Waals surface area contributed by atoms with Crippen molar-refractivity contribution in [2.75, 3.05) is 13.2 Å². The highest BCUT2D eigenvalue weighted by Gasteiger charge is 2.16.